The summed E-state index contributed by atoms with van der Waals surface area (Å²) in [6, 6.07) is 19.8. The van der Waals surface area contributed by atoms with E-state index in [-0.39, 0.29) is 4.90 Å². The quantitative estimate of drug-likeness (QED) is 0.440. The van der Waals surface area contributed by atoms with Crippen molar-refractivity contribution in [1.82, 2.24) is 0 Å². The molecule has 0 bridgehead atoms. The number of rotatable bonds is 5. The molecule has 144 valence electrons. The first kappa shape index (κ1) is 20.4. The average Bonchev–Trinajstić information content (AvgIpc) is 2.66. The molecule has 0 radical (unpaired) electrons. The zero-order valence-corrected chi connectivity index (χ0v) is 17.5. The number of halogens is 2. The molecule has 0 fully saturated rings. The highest BCUT2D eigenvalue weighted by molar-refractivity contribution is 7.92. The van der Waals surface area contributed by atoms with E-state index in [4.69, 9.17) is 35.4 Å². The van der Waals surface area contributed by atoms with Gasteiger partial charge in [-0.2, -0.15) is 0 Å². The summed E-state index contributed by atoms with van der Waals surface area (Å²) >= 11 is 16.9. The molecule has 0 aliphatic carbocycles. The summed E-state index contributed by atoms with van der Waals surface area (Å²) in [6.45, 7) is 0. The molecule has 28 heavy (non-hydrogen) atoms. The fourth-order valence-electron chi connectivity index (χ4n) is 2.28. The first-order chi connectivity index (χ1) is 13.3. The van der Waals surface area contributed by atoms with Gasteiger partial charge < -0.3 is 10.6 Å². The van der Waals surface area contributed by atoms with Gasteiger partial charge in [-0.05, 0) is 85.0 Å². The van der Waals surface area contributed by atoms with Crippen LogP contribution in [-0.4, -0.2) is 13.5 Å². The van der Waals surface area contributed by atoms with Crippen LogP contribution in [0.4, 0.5) is 17.1 Å². The van der Waals surface area contributed by atoms with Gasteiger partial charge in [0.1, 0.15) is 0 Å². The SMILES string of the molecule is O=S(=O)(Nc1ccc(Cl)cc1)c1ccc(NC(=S)Nc2ccc(Cl)cc2)cc1. The van der Waals surface area contributed by atoms with Crippen molar-refractivity contribution in [1.29, 1.82) is 0 Å². The van der Waals surface area contributed by atoms with Gasteiger partial charge in [0.25, 0.3) is 10.0 Å². The van der Waals surface area contributed by atoms with Crippen molar-refractivity contribution >= 4 is 67.6 Å². The van der Waals surface area contributed by atoms with E-state index in [0.717, 1.165) is 5.69 Å². The third-order valence-electron chi connectivity index (χ3n) is 3.62. The molecule has 0 unspecified atom stereocenters. The molecule has 0 heterocycles. The minimum absolute atomic E-state index is 0.129. The molecule has 0 saturated heterocycles. The molecule has 3 aromatic rings. The highest BCUT2D eigenvalue weighted by atomic mass is 35.5. The molecule has 3 aromatic carbocycles. The minimum Gasteiger partial charge on any atom is -0.332 e. The monoisotopic (exact) mass is 451 g/mol. The molecule has 0 saturated carbocycles. The average molecular weight is 452 g/mol. The second-order valence-electron chi connectivity index (χ2n) is 5.72. The molecule has 9 heteroatoms. The van der Waals surface area contributed by atoms with Crippen LogP contribution in [0.5, 0.6) is 0 Å². The van der Waals surface area contributed by atoms with Crippen molar-refractivity contribution in [3.63, 3.8) is 0 Å². The van der Waals surface area contributed by atoms with Crippen LogP contribution in [0.3, 0.4) is 0 Å². The van der Waals surface area contributed by atoms with Crippen LogP contribution >= 0.6 is 35.4 Å². The fourth-order valence-corrected chi connectivity index (χ4v) is 3.82. The number of benzene rings is 3. The molecule has 0 aliphatic heterocycles. The Balaban J connectivity index is 1.64. The third-order valence-corrected chi connectivity index (χ3v) is 5.73. The molecular formula is C19H15Cl2N3O2S2. The van der Waals surface area contributed by atoms with Gasteiger partial charge in [0.2, 0.25) is 0 Å². The number of anilines is 3. The first-order valence-electron chi connectivity index (χ1n) is 8.04. The highest BCUT2D eigenvalue weighted by Gasteiger charge is 2.14. The normalized spacial score (nSPS) is 10.9. The lowest BCUT2D eigenvalue weighted by atomic mass is 10.3. The Bertz CT molecular complexity index is 1070. The summed E-state index contributed by atoms with van der Waals surface area (Å²) < 4.78 is 27.5. The van der Waals surface area contributed by atoms with Gasteiger partial charge in [-0.15, -0.1) is 0 Å². The molecule has 5 nitrogen and oxygen atoms in total. The second-order valence-corrected chi connectivity index (χ2v) is 8.69. The van der Waals surface area contributed by atoms with Crippen molar-refractivity contribution in [3.8, 4) is 0 Å². The summed E-state index contributed by atoms with van der Waals surface area (Å²) in [4.78, 5) is 0.129. The lowest BCUT2D eigenvalue weighted by Gasteiger charge is -2.12. The predicted octanol–water partition coefficient (Wildman–Crippen LogP) is 5.60. The van der Waals surface area contributed by atoms with Gasteiger partial charge in [-0.1, -0.05) is 23.2 Å². The number of hydrogen-bond acceptors (Lipinski definition) is 3. The number of thiocarbonyl (C=S) groups is 1. The summed E-state index contributed by atoms with van der Waals surface area (Å²) in [5.41, 5.74) is 1.87. The van der Waals surface area contributed by atoms with Crippen molar-refractivity contribution in [2.45, 2.75) is 4.90 Å². The summed E-state index contributed by atoms with van der Waals surface area (Å²) in [5.74, 6) is 0. The van der Waals surface area contributed by atoms with E-state index in [1.54, 1.807) is 60.7 Å². The van der Waals surface area contributed by atoms with Crippen LogP contribution in [0.25, 0.3) is 0 Å². The Kier molecular flexibility index (Phi) is 6.41. The first-order valence-corrected chi connectivity index (χ1v) is 10.7. The van der Waals surface area contributed by atoms with Gasteiger partial charge in [-0.25, -0.2) is 8.42 Å². The lowest BCUT2D eigenvalue weighted by molar-refractivity contribution is 0.601. The minimum atomic E-state index is -3.71. The van der Waals surface area contributed by atoms with Crippen molar-refractivity contribution in [2.75, 3.05) is 15.4 Å². The Morgan fingerprint density at radius 3 is 1.54 bits per heavy atom. The van der Waals surface area contributed by atoms with Crippen LogP contribution in [0.2, 0.25) is 10.0 Å². The molecule has 3 N–H and O–H groups in total. The van der Waals surface area contributed by atoms with Crippen molar-refractivity contribution in [2.24, 2.45) is 0 Å². The number of sulfonamides is 1. The predicted molar refractivity (Wildman–Crippen MR) is 120 cm³/mol. The third kappa shape index (κ3) is 5.59. The van der Waals surface area contributed by atoms with Crippen molar-refractivity contribution < 1.29 is 8.42 Å². The summed E-state index contributed by atoms with van der Waals surface area (Å²) in [5, 5.41) is 7.55. The molecule has 3 rings (SSSR count). The van der Waals surface area contributed by atoms with Crippen molar-refractivity contribution in [3.05, 3.63) is 82.8 Å². The van der Waals surface area contributed by atoms with Crippen LogP contribution in [-0.2, 0) is 10.0 Å². The molecule has 0 atom stereocenters. The summed E-state index contributed by atoms with van der Waals surface area (Å²) in [6.07, 6.45) is 0. The van der Waals surface area contributed by atoms with E-state index in [1.807, 2.05) is 0 Å². The zero-order chi connectivity index (χ0) is 20.1. The van der Waals surface area contributed by atoms with Gasteiger partial charge in [0.15, 0.2) is 5.11 Å². The molecule has 0 aromatic heterocycles. The van der Waals surface area contributed by atoms with Crippen LogP contribution < -0.4 is 15.4 Å². The van der Waals surface area contributed by atoms with Crippen LogP contribution in [0.1, 0.15) is 0 Å². The Morgan fingerprint density at radius 2 is 1.07 bits per heavy atom. The fraction of sp³-hybridized carbons (Fsp3) is 0. The Morgan fingerprint density at radius 1 is 0.679 bits per heavy atom. The van der Waals surface area contributed by atoms with Gasteiger partial charge >= 0.3 is 0 Å². The van der Waals surface area contributed by atoms with E-state index in [2.05, 4.69) is 15.4 Å². The standard InChI is InChI=1S/C19H15Cl2N3O2S2/c20-13-1-5-15(6-2-13)22-19(27)23-16-9-11-18(12-10-16)28(25,26)24-17-7-3-14(21)4-8-17/h1-12,24H,(H2,22,23,27). The van der Waals surface area contributed by atoms with E-state index in [1.165, 1.54) is 12.1 Å². The summed E-state index contributed by atoms with van der Waals surface area (Å²) in [7, 11) is -3.71. The highest BCUT2D eigenvalue weighted by Crippen LogP contribution is 2.20. The molecule has 0 spiro atoms. The van der Waals surface area contributed by atoms with Gasteiger partial charge in [-0.3, -0.25) is 4.72 Å². The van der Waals surface area contributed by atoms with Gasteiger partial charge in [0, 0.05) is 27.1 Å². The number of nitrogens with one attached hydrogen (secondary N) is 3. The second kappa shape index (κ2) is 8.79. The molecule has 0 aliphatic rings. The maximum atomic E-state index is 12.5. The maximum Gasteiger partial charge on any atom is 0.261 e. The van der Waals surface area contributed by atoms with E-state index < -0.39 is 10.0 Å². The van der Waals surface area contributed by atoms with E-state index >= 15 is 0 Å². The zero-order valence-electron chi connectivity index (χ0n) is 14.3. The maximum absolute atomic E-state index is 12.5. The van der Waals surface area contributed by atoms with E-state index in [9.17, 15) is 8.42 Å². The van der Waals surface area contributed by atoms with Gasteiger partial charge in [0.05, 0.1) is 4.90 Å². The van der Waals surface area contributed by atoms with E-state index in [0.29, 0.717) is 26.5 Å². The Hall–Kier alpha value is -2.32. The van der Waals surface area contributed by atoms with Crippen LogP contribution in [0.15, 0.2) is 77.7 Å². The largest absolute Gasteiger partial charge is 0.332 e. The Labute approximate surface area is 178 Å². The topological polar surface area (TPSA) is 70.2 Å². The smallest absolute Gasteiger partial charge is 0.261 e. The number of hydrogen-bond donors (Lipinski definition) is 3. The van der Waals surface area contributed by atoms with Crippen LogP contribution in [0, 0.1) is 0 Å². The molecule has 0 amide bonds. The molecular weight excluding hydrogens is 437 g/mol. The lowest BCUT2D eigenvalue weighted by Crippen LogP contribution is -2.19.